The number of carboxylic acids is 1. The highest BCUT2D eigenvalue weighted by Crippen LogP contribution is 2.32. The molecule has 1 aliphatic rings. The van der Waals surface area contributed by atoms with Gasteiger partial charge in [0.1, 0.15) is 24.0 Å². The Labute approximate surface area is 254 Å². The van der Waals surface area contributed by atoms with Gasteiger partial charge in [-0.15, -0.1) is 11.3 Å². The Kier molecular flexibility index (Phi) is 8.22. The molecule has 6 rings (SSSR count). The summed E-state index contributed by atoms with van der Waals surface area (Å²) in [6, 6.07) is 13.0. The third kappa shape index (κ3) is 6.10. The maximum absolute atomic E-state index is 13.8. The van der Waals surface area contributed by atoms with Crippen molar-refractivity contribution >= 4 is 29.0 Å². The third-order valence-electron chi connectivity index (χ3n) is 7.26. The highest BCUT2D eigenvalue weighted by molar-refractivity contribution is 7.15. The largest absolute Gasteiger partial charge is 0.481 e. The lowest BCUT2D eigenvalue weighted by molar-refractivity contribution is -0.138. The normalized spacial score (nSPS) is 15.0. The number of hydrogen-bond acceptors (Lipinski definition) is 8. The Bertz CT molecular complexity index is 1900. The average Bonchev–Trinajstić information content (AvgIpc) is 3.65. The van der Waals surface area contributed by atoms with Gasteiger partial charge < -0.3 is 24.0 Å². The molecule has 1 amide bonds. The van der Waals surface area contributed by atoms with Gasteiger partial charge in [0.05, 0.1) is 18.3 Å². The first-order chi connectivity index (χ1) is 21.3. The second kappa shape index (κ2) is 12.4. The number of ether oxygens (including phenoxy) is 2. The van der Waals surface area contributed by atoms with Crippen LogP contribution in [0.3, 0.4) is 0 Å². The van der Waals surface area contributed by atoms with Crippen molar-refractivity contribution in [1.82, 2.24) is 23.8 Å². The Morgan fingerprint density at radius 1 is 1.18 bits per heavy atom. The number of benzene rings is 2. The standard InChI is InChI=1S/C31H28FN5O6S/c1-19-16-35(11-12-42-19)25(38)17-36-9-10-37-29(39)27(43-18-20-5-3-2-4-6-20)26(34-31(36)37)28-33-15-23(44-28)13-21-7-8-22(32)14-24(21)30(40)41/h2-10,14-15,19H,11-13,16-18H2,1H3,(H,40,41)/t19-/m0/s1. The zero-order valence-corrected chi connectivity index (χ0v) is 24.5. The predicted molar refractivity (Wildman–Crippen MR) is 159 cm³/mol. The summed E-state index contributed by atoms with van der Waals surface area (Å²) in [7, 11) is 0. The fraction of sp³-hybridized carbons (Fsp3) is 0.258. The van der Waals surface area contributed by atoms with Crippen molar-refractivity contribution in [2.75, 3.05) is 19.7 Å². The summed E-state index contributed by atoms with van der Waals surface area (Å²) < 4.78 is 28.3. The number of rotatable bonds is 9. The van der Waals surface area contributed by atoms with E-state index < -0.39 is 17.3 Å². The molecule has 1 N–H and O–H groups in total. The number of thiazole rings is 1. The number of imidazole rings is 1. The minimum atomic E-state index is -1.23. The fourth-order valence-electron chi connectivity index (χ4n) is 5.06. The molecular formula is C31H28FN5O6S. The molecule has 44 heavy (non-hydrogen) atoms. The topological polar surface area (TPSA) is 128 Å². The first kappa shape index (κ1) is 29.2. The molecule has 5 aromatic rings. The average molecular weight is 618 g/mol. The molecule has 1 aliphatic heterocycles. The van der Waals surface area contributed by atoms with Crippen LogP contribution in [-0.4, -0.2) is 66.6 Å². The van der Waals surface area contributed by atoms with E-state index in [2.05, 4.69) is 4.98 Å². The molecule has 0 spiro atoms. The van der Waals surface area contributed by atoms with E-state index in [9.17, 15) is 23.9 Å². The van der Waals surface area contributed by atoms with Gasteiger partial charge in [-0.25, -0.2) is 23.6 Å². The van der Waals surface area contributed by atoms with E-state index in [4.69, 9.17) is 14.5 Å². The van der Waals surface area contributed by atoms with Crippen LogP contribution in [0.1, 0.15) is 33.3 Å². The number of fused-ring (bicyclic) bond motifs is 1. The first-order valence-electron chi connectivity index (χ1n) is 13.9. The zero-order chi connectivity index (χ0) is 30.8. The Balaban J connectivity index is 1.37. The minimum absolute atomic E-state index is 0.00802. The Morgan fingerprint density at radius 3 is 2.77 bits per heavy atom. The van der Waals surface area contributed by atoms with Gasteiger partial charge in [-0.05, 0) is 30.2 Å². The van der Waals surface area contributed by atoms with Gasteiger partial charge in [-0.3, -0.25) is 9.59 Å². The van der Waals surface area contributed by atoms with Crippen molar-refractivity contribution in [3.63, 3.8) is 0 Å². The molecule has 0 unspecified atom stereocenters. The maximum atomic E-state index is 13.8. The lowest BCUT2D eigenvalue weighted by atomic mass is 10.0. The van der Waals surface area contributed by atoms with Gasteiger partial charge in [0.15, 0.2) is 5.69 Å². The molecule has 0 radical (unpaired) electrons. The number of aromatic carboxylic acids is 1. The molecule has 3 aromatic heterocycles. The molecule has 226 valence electrons. The van der Waals surface area contributed by atoms with Crippen LogP contribution in [-0.2, 0) is 29.1 Å². The van der Waals surface area contributed by atoms with Crippen LogP contribution in [0.15, 0.2) is 71.9 Å². The number of hydrogen-bond donors (Lipinski definition) is 1. The van der Waals surface area contributed by atoms with Crippen LogP contribution in [0.25, 0.3) is 16.5 Å². The van der Waals surface area contributed by atoms with E-state index in [-0.39, 0.29) is 54.4 Å². The summed E-state index contributed by atoms with van der Waals surface area (Å²) in [6.45, 7) is 3.43. The van der Waals surface area contributed by atoms with Crippen molar-refractivity contribution in [2.24, 2.45) is 0 Å². The molecule has 13 heteroatoms. The maximum Gasteiger partial charge on any atom is 0.336 e. The van der Waals surface area contributed by atoms with Crippen LogP contribution in [0.4, 0.5) is 4.39 Å². The van der Waals surface area contributed by atoms with E-state index in [0.717, 1.165) is 11.6 Å². The van der Waals surface area contributed by atoms with Gasteiger partial charge in [0.2, 0.25) is 17.4 Å². The van der Waals surface area contributed by atoms with Crippen LogP contribution >= 0.6 is 11.3 Å². The van der Waals surface area contributed by atoms with Crippen molar-refractivity contribution in [1.29, 1.82) is 0 Å². The quantitative estimate of drug-likeness (QED) is 0.264. The molecule has 4 heterocycles. The lowest BCUT2D eigenvalue weighted by Gasteiger charge is -2.31. The van der Waals surface area contributed by atoms with Crippen LogP contribution in [0.5, 0.6) is 5.75 Å². The van der Waals surface area contributed by atoms with Crippen LogP contribution in [0.2, 0.25) is 0 Å². The number of morpholine rings is 1. The molecule has 0 saturated carbocycles. The molecule has 11 nitrogen and oxygen atoms in total. The number of aromatic nitrogens is 4. The summed E-state index contributed by atoms with van der Waals surface area (Å²) in [5.41, 5.74) is 0.871. The van der Waals surface area contributed by atoms with E-state index in [0.29, 0.717) is 35.1 Å². The molecule has 1 atom stereocenters. The highest BCUT2D eigenvalue weighted by Gasteiger charge is 2.25. The molecule has 0 bridgehead atoms. The van der Waals surface area contributed by atoms with E-state index in [1.54, 1.807) is 28.1 Å². The SMILES string of the molecule is C[C@H]1CN(C(=O)Cn2ccn3c(=O)c(OCc4ccccc4)c(-c4ncc(Cc5ccc(F)cc5C(=O)O)s4)nc23)CCO1. The van der Waals surface area contributed by atoms with Gasteiger partial charge in [0.25, 0.3) is 0 Å². The number of carboxylic acid groups (broad SMARTS) is 1. The molecule has 0 aliphatic carbocycles. The minimum Gasteiger partial charge on any atom is -0.481 e. The second-order valence-corrected chi connectivity index (χ2v) is 11.5. The van der Waals surface area contributed by atoms with Gasteiger partial charge in [-0.2, -0.15) is 0 Å². The number of amides is 1. The van der Waals surface area contributed by atoms with Crippen LogP contribution < -0.4 is 10.3 Å². The van der Waals surface area contributed by atoms with Crippen molar-refractivity contribution < 1.29 is 28.6 Å². The first-order valence-corrected chi connectivity index (χ1v) is 14.7. The Morgan fingerprint density at radius 2 is 2.00 bits per heavy atom. The third-order valence-corrected chi connectivity index (χ3v) is 8.26. The monoisotopic (exact) mass is 617 g/mol. The molecular weight excluding hydrogens is 589 g/mol. The zero-order valence-electron chi connectivity index (χ0n) is 23.7. The van der Waals surface area contributed by atoms with Crippen molar-refractivity contribution in [3.05, 3.63) is 105 Å². The summed E-state index contributed by atoms with van der Waals surface area (Å²) in [5, 5.41) is 9.94. The van der Waals surface area contributed by atoms with E-state index >= 15 is 0 Å². The van der Waals surface area contributed by atoms with E-state index in [1.165, 1.54) is 27.9 Å². The summed E-state index contributed by atoms with van der Waals surface area (Å²) in [5.74, 6) is -1.76. The Hall–Kier alpha value is -4.88. The molecule has 2 aromatic carbocycles. The molecule has 1 saturated heterocycles. The summed E-state index contributed by atoms with van der Waals surface area (Å²) in [4.78, 5) is 50.3. The number of carbonyl (C=O) groups is 2. The number of carbonyl (C=O) groups excluding carboxylic acids is 1. The smallest absolute Gasteiger partial charge is 0.336 e. The highest BCUT2D eigenvalue weighted by atomic mass is 32.1. The number of nitrogens with zero attached hydrogens (tertiary/aromatic N) is 5. The van der Waals surface area contributed by atoms with Crippen LogP contribution in [0, 0.1) is 5.82 Å². The number of halogens is 1. The van der Waals surface area contributed by atoms with E-state index in [1.807, 2.05) is 37.3 Å². The van der Waals surface area contributed by atoms with Crippen molar-refractivity contribution in [3.8, 4) is 16.5 Å². The van der Waals surface area contributed by atoms with Gasteiger partial charge in [-0.1, -0.05) is 36.4 Å². The lowest BCUT2D eigenvalue weighted by Crippen LogP contribution is -2.45. The van der Waals surface area contributed by atoms with Gasteiger partial charge in [0, 0.05) is 43.0 Å². The second-order valence-electron chi connectivity index (χ2n) is 10.4. The summed E-state index contributed by atoms with van der Waals surface area (Å²) in [6.07, 6.45) is 4.87. The van der Waals surface area contributed by atoms with Gasteiger partial charge >= 0.3 is 11.5 Å². The fourth-order valence-corrected chi connectivity index (χ4v) is 5.99. The van der Waals surface area contributed by atoms with Crippen molar-refractivity contribution in [2.45, 2.75) is 32.6 Å². The molecule has 1 fully saturated rings. The predicted octanol–water partition coefficient (Wildman–Crippen LogP) is 3.87. The summed E-state index contributed by atoms with van der Waals surface area (Å²) >= 11 is 1.22.